The van der Waals surface area contributed by atoms with Crippen LogP contribution in [0.4, 0.5) is 0 Å². The molecular formula is C18H15BrN2O2S. The summed E-state index contributed by atoms with van der Waals surface area (Å²) in [6, 6.07) is 14.9. The van der Waals surface area contributed by atoms with Crippen LogP contribution in [-0.4, -0.2) is 25.9 Å². The van der Waals surface area contributed by atoms with Gasteiger partial charge in [-0.05, 0) is 24.3 Å². The number of imidazole rings is 1. The number of aromatic nitrogens is 2. The number of ketones is 1. The van der Waals surface area contributed by atoms with Crippen LogP contribution in [0.5, 0.6) is 0 Å². The van der Waals surface area contributed by atoms with E-state index in [0.717, 1.165) is 21.3 Å². The van der Waals surface area contributed by atoms with Crippen molar-refractivity contribution in [3.8, 4) is 0 Å². The Kier molecular flexibility index (Phi) is 4.10. The molecule has 0 amide bonds. The Morgan fingerprint density at radius 2 is 1.71 bits per heavy atom. The van der Waals surface area contributed by atoms with E-state index >= 15 is 0 Å². The molecule has 4 rings (SSSR count). The molecule has 122 valence electrons. The Labute approximate surface area is 151 Å². The number of Topliss-reactive ketones (excluding diaryl/α,β-unsaturated/α-hetero) is 1. The molecule has 24 heavy (non-hydrogen) atoms. The van der Waals surface area contributed by atoms with Crippen LogP contribution in [0.15, 0.2) is 57.8 Å². The Morgan fingerprint density at radius 3 is 2.33 bits per heavy atom. The molecule has 1 saturated heterocycles. The second-order valence-corrected chi connectivity index (χ2v) is 8.10. The summed E-state index contributed by atoms with van der Waals surface area (Å²) in [7, 11) is 0. The molecule has 3 aromatic rings. The third-order valence-corrected chi connectivity index (χ3v) is 5.66. The highest BCUT2D eigenvalue weighted by Gasteiger charge is 2.26. The molecule has 2 aromatic carbocycles. The lowest BCUT2D eigenvalue weighted by atomic mass is 10.1. The smallest absolute Gasteiger partial charge is 0.292 e. The standard InChI is InChI=1S/C18H15BrN2O2S/c19-13-7-5-12(6-8-13)17(22)10-21-16-4-2-1-3-15(16)20(18(21)23)9-14-11-24-14/h1-8,14H,9-11H2. The number of nitrogens with zero attached hydrogens (tertiary/aromatic N) is 2. The van der Waals surface area contributed by atoms with E-state index in [9.17, 15) is 9.59 Å². The number of para-hydroxylation sites is 2. The minimum atomic E-state index is -0.103. The van der Waals surface area contributed by atoms with E-state index in [1.807, 2.05) is 48.2 Å². The fourth-order valence-electron chi connectivity index (χ4n) is 2.85. The maximum absolute atomic E-state index is 12.8. The highest BCUT2D eigenvalue weighted by atomic mass is 79.9. The summed E-state index contributed by atoms with van der Waals surface area (Å²) in [5, 5.41) is 0.518. The largest absolute Gasteiger partial charge is 0.329 e. The normalized spacial score (nSPS) is 16.5. The van der Waals surface area contributed by atoms with Gasteiger partial charge in [-0.25, -0.2) is 4.79 Å². The van der Waals surface area contributed by atoms with E-state index in [4.69, 9.17) is 0 Å². The van der Waals surface area contributed by atoms with Crippen LogP contribution in [0.1, 0.15) is 10.4 Å². The second kappa shape index (κ2) is 6.26. The van der Waals surface area contributed by atoms with Gasteiger partial charge in [0.2, 0.25) is 0 Å². The molecule has 1 aliphatic rings. The van der Waals surface area contributed by atoms with Crippen molar-refractivity contribution in [1.29, 1.82) is 0 Å². The van der Waals surface area contributed by atoms with Gasteiger partial charge in [0, 0.05) is 27.6 Å². The number of hydrogen-bond donors (Lipinski definition) is 0. The molecule has 0 aliphatic carbocycles. The Balaban J connectivity index is 1.73. The number of carbonyl (C=O) groups is 1. The third kappa shape index (κ3) is 2.96. The lowest BCUT2D eigenvalue weighted by Crippen LogP contribution is -2.28. The number of rotatable bonds is 5. The minimum absolute atomic E-state index is 0.0613. The predicted octanol–water partition coefficient (Wildman–Crippen LogP) is 3.56. The Bertz CT molecular complexity index is 971. The van der Waals surface area contributed by atoms with Gasteiger partial charge in [-0.15, -0.1) is 0 Å². The molecule has 1 atom stereocenters. The van der Waals surface area contributed by atoms with Gasteiger partial charge < -0.3 is 0 Å². The maximum atomic E-state index is 12.8. The zero-order valence-corrected chi connectivity index (χ0v) is 15.2. The topological polar surface area (TPSA) is 44.0 Å². The van der Waals surface area contributed by atoms with Gasteiger partial charge in [0.1, 0.15) is 0 Å². The summed E-state index contributed by atoms with van der Waals surface area (Å²) in [6.45, 7) is 0.773. The molecular weight excluding hydrogens is 388 g/mol. The van der Waals surface area contributed by atoms with E-state index in [2.05, 4.69) is 15.9 Å². The number of benzene rings is 2. The number of hydrogen-bond acceptors (Lipinski definition) is 3. The summed E-state index contributed by atoms with van der Waals surface area (Å²) < 4.78 is 4.32. The Morgan fingerprint density at radius 1 is 1.08 bits per heavy atom. The number of carbonyl (C=O) groups excluding carboxylic acids is 1. The molecule has 0 saturated carbocycles. The van der Waals surface area contributed by atoms with Crippen molar-refractivity contribution in [2.45, 2.75) is 18.3 Å². The third-order valence-electron chi connectivity index (χ3n) is 4.18. The van der Waals surface area contributed by atoms with E-state index < -0.39 is 0 Å². The number of fused-ring (bicyclic) bond motifs is 1. The fourth-order valence-corrected chi connectivity index (χ4v) is 3.61. The SMILES string of the molecule is O=C(Cn1c(=O)n(CC2CS2)c2ccccc21)c1ccc(Br)cc1. The minimum Gasteiger partial charge on any atom is -0.292 e. The molecule has 4 nitrogen and oxygen atoms in total. The average Bonchev–Trinajstić information content (AvgIpc) is 3.37. The van der Waals surface area contributed by atoms with E-state index in [0.29, 0.717) is 17.4 Å². The molecule has 1 fully saturated rings. The van der Waals surface area contributed by atoms with Crippen LogP contribution in [0.2, 0.25) is 0 Å². The lowest BCUT2D eigenvalue weighted by molar-refractivity contribution is 0.0972. The summed E-state index contributed by atoms with van der Waals surface area (Å²) >= 11 is 5.23. The van der Waals surface area contributed by atoms with Gasteiger partial charge in [-0.1, -0.05) is 40.2 Å². The van der Waals surface area contributed by atoms with Crippen molar-refractivity contribution in [2.75, 3.05) is 5.75 Å². The van der Waals surface area contributed by atoms with E-state index in [-0.39, 0.29) is 18.0 Å². The second-order valence-electron chi connectivity index (χ2n) is 5.85. The van der Waals surface area contributed by atoms with Crippen molar-refractivity contribution in [1.82, 2.24) is 9.13 Å². The van der Waals surface area contributed by atoms with Crippen LogP contribution >= 0.6 is 27.7 Å². The lowest BCUT2D eigenvalue weighted by Gasteiger charge is -2.03. The summed E-state index contributed by atoms with van der Waals surface area (Å²) in [5.41, 5.74) is 2.23. The predicted molar refractivity (Wildman–Crippen MR) is 101 cm³/mol. The van der Waals surface area contributed by atoms with Gasteiger partial charge >= 0.3 is 5.69 Å². The van der Waals surface area contributed by atoms with Crippen LogP contribution in [0.25, 0.3) is 11.0 Å². The van der Waals surface area contributed by atoms with Crippen LogP contribution < -0.4 is 5.69 Å². The number of thioether (sulfide) groups is 1. The molecule has 6 heteroatoms. The molecule has 0 N–H and O–H groups in total. The first-order chi connectivity index (χ1) is 11.6. The monoisotopic (exact) mass is 402 g/mol. The van der Waals surface area contributed by atoms with Crippen molar-refractivity contribution < 1.29 is 4.79 Å². The molecule has 0 bridgehead atoms. The zero-order chi connectivity index (χ0) is 16.7. The van der Waals surface area contributed by atoms with Crippen molar-refractivity contribution in [3.63, 3.8) is 0 Å². The van der Waals surface area contributed by atoms with Gasteiger partial charge in [0.25, 0.3) is 0 Å². The quantitative estimate of drug-likeness (QED) is 0.483. The maximum Gasteiger partial charge on any atom is 0.329 e. The molecule has 1 unspecified atom stereocenters. The zero-order valence-electron chi connectivity index (χ0n) is 12.8. The molecule has 1 aliphatic heterocycles. The molecule has 2 heterocycles. The van der Waals surface area contributed by atoms with Gasteiger partial charge in [-0.2, -0.15) is 11.8 Å². The highest BCUT2D eigenvalue weighted by molar-refractivity contribution is 9.10. The van der Waals surface area contributed by atoms with Crippen molar-refractivity contribution in [3.05, 3.63) is 69.1 Å². The van der Waals surface area contributed by atoms with Gasteiger partial charge in [0.15, 0.2) is 5.78 Å². The Hall–Kier alpha value is -1.79. The first-order valence-electron chi connectivity index (χ1n) is 7.72. The van der Waals surface area contributed by atoms with Crippen molar-refractivity contribution in [2.24, 2.45) is 0 Å². The van der Waals surface area contributed by atoms with Crippen LogP contribution in [0.3, 0.4) is 0 Å². The molecule has 0 radical (unpaired) electrons. The van der Waals surface area contributed by atoms with Crippen LogP contribution in [0, 0.1) is 0 Å². The molecule has 0 spiro atoms. The summed E-state index contributed by atoms with van der Waals surface area (Å²) in [4.78, 5) is 25.4. The highest BCUT2D eigenvalue weighted by Crippen LogP contribution is 2.32. The fraction of sp³-hybridized carbons (Fsp3) is 0.222. The first kappa shape index (κ1) is 15.7. The molecule has 1 aromatic heterocycles. The summed E-state index contributed by atoms with van der Waals surface area (Å²) in [5.74, 6) is 1.04. The number of halogens is 1. The van der Waals surface area contributed by atoms with Gasteiger partial charge in [0.05, 0.1) is 17.6 Å². The first-order valence-corrected chi connectivity index (χ1v) is 9.56. The van der Waals surface area contributed by atoms with Crippen molar-refractivity contribution >= 4 is 44.5 Å². The van der Waals surface area contributed by atoms with Gasteiger partial charge in [-0.3, -0.25) is 13.9 Å². The van der Waals surface area contributed by atoms with E-state index in [1.165, 1.54) is 0 Å². The summed E-state index contributed by atoms with van der Waals surface area (Å²) in [6.07, 6.45) is 0. The average molecular weight is 403 g/mol. The van der Waals surface area contributed by atoms with E-state index in [1.54, 1.807) is 21.3 Å². The van der Waals surface area contributed by atoms with Crippen LogP contribution in [-0.2, 0) is 13.1 Å².